The van der Waals surface area contributed by atoms with Crippen LogP contribution in [0.2, 0.25) is 0 Å². The summed E-state index contributed by atoms with van der Waals surface area (Å²) in [5, 5.41) is 4.12. The third-order valence-corrected chi connectivity index (χ3v) is 5.38. The largest absolute Gasteiger partial charge is 0.462 e. The van der Waals surface area contributed by atoms with Crippen molar-refractivity contribution in [1.82, 2.24) is 15.0 Å². The molecule has 2 aliphatic heterocycles. The number of hydrogen-bond donors (Lipinski definition) is 0. The third kappa shape index (κ3) is 3.68. The highest BCUT2D eigenvalue weighted by Crippen LogP contribution is 2.36. The van der Waals surface area contributed by atoms with Gasteiger partial charge in [0, 0.05) is 30.6 Å². The zero-order chi connectivity index (χ0) is 20.5. The van der Waals surface area contributed by atoms with Gasteiger partial charge in [-0.3, -0.25) is 4.79 Å². The fourth-order valence-corrected chi connectivity index (χ4v) is 3.70. The van der Waals surface area contributed by atoms with Crippen molar-refractivity contribution < 1.29 is 23.2 Å². The Morgan fingerprint density at radius 2 is 1.97 bits per heavy atom. The maximum atomic E-state index is 12.4. The highest BCUT2D eigenvalue weighted by Gasteiger charge is 2.27. The molecule has 0 spiro atoms. The molecule has 0 unspecified atom stereocenters. The summed E-state index contributed by atoms with van der Waals surface area (Å²) >= 11 is 0. The van der Waals surface area contributed by atoms with Crippen molar-refractivity contribution in [1.29, 1.82) is 0 Å². The summed E-state index contributed by atoms with van der Waals surface area (Å²) in [6, 6.07) is 9.30. The number of aryl methyl sites for hydroxylation is 1. The quantitative estimate of drug-likeness (QED) is 0.608. The topological polar surface area (TPSA) is 90.8 Å². The van der Waals surface area contributed by atoms with Crippen LogP contribution in [-0.2, 0) is 4.79 Å². The van der Waals surface area contributed by atoms with Gasteiger partial charge in [-0.2, -0.15) is 4.98 Å². The van der Waals surface area contributed by atoms with Crippen LogP contribution in [0.5, 0.6) is 11.5 Å². The van der Waals surface area contributed by atoms with E-state index in [2.05, 4.69) is 10.1 Å². The molecule has 3 aromatic rings. The molecular formula is C22H21N3O5. The Labute approximate surface area is 173 Å². The average Bonchev–Trinajstić information content (AvgIpc) is 3.52. The molecule has 154 valence electrons. The van der Waals surface area contributed by atoms with Crippen molar-refractivity contribution in [2.24, 2.45) is 0 Å². The Bertz CT molecular complexity index is 1090. The number of benzene rings is 1. The van der Waals surface area contributed by atoms with E-state index in [-0.39, 0.29) is 18.6 Å². The van der Waals surface area contributed by atoms with E-state index in [1.807, 2.05) is 42.2 Å². The Balaban J connectivity index is 1.20. The molecule has 30 heavy (non-hydrogen) atoms. The van der Waals surface area contributed by atoms with Crippen molar-refractivity contribution >= 4 is 12.0 Å². The Hall–Kier alpha value is -3.55. The minimum Gasteiger partial charge on any atom is -0.462 e. The van der Waals surface area contributed by atoms with Gasteiger partial charge in [-0.1, -0.05) is 5.16 Å². The van der Waals surface area contributed by atoms with Crippen LogP contribution < -0.4 is 9.47 Å². The number of furan rings is 1. The summed E-state index contributed by atoms with van der Waals surface area (Å²) in [4.78, 5) is 18.8. The molecule has 0 aliphatic carbocycles. The van der Waals surface area contributed by atoms with E-state index in [9.17, 15) is 4.79 Å². The number of likely N-dealkylation sites (tertiary alicyclic amines) is 1. The number of carbonyl (C=O) groups is 1. The Kier molecular flexibility index (Phi) is 4.74. The smallest absolute Gasteiger partial charge is 0.246 e. The normalized spacial score (nSPS) is 16.5. The first kappa shape index (κ1) is 18.5. The molecule has 0 atom stereocenters. The van der Waals surface area contributed by atoms with Crippen LogP contribution in [0.3, 0.4) is 0 Å². The molecule has 1 fully saturated rings. The van der Waals surface area contributed by atoms with Gasteiger partial charge in [0.2, 0.25) is 24.4 Å². The van der Waals surface area contributed by atoms with E-state index in [1.165, 1.54) is 0 Å². The molecule has 8 nitrogen and oxygen atoms in total. The molecule has 4 heterocycles. The van der Waals surface area contributed by atoms with Gasteiger partial charge in [0.1, 0.15) is 11.5 Å². The second-order valence-corrected chi connectivity index (χ2v) is 7.41. The van der Waals surface area contributed by atoms with Crippen LogP contribution in [0.4, 0.5) is 0 Å². The molecule has 2 aliphatic rings. The van der Waals surface area contributed by atoms with Crippen molar-refractivity contribution in [3.8, 4) is 22.9 Å². The van der Waals surface area contributed by atoms with Crippen LogP contribution in [0.15, 0.2) is 45.3 Å². The lowest BCUT2D eigenvalue weighted by Gasteiger charge is -2.29. The van der Waals surface area contributed by atoms with Crippen LogP contribution in [0.25, 0.3) is 17.5 Å². The summed E-state index contributed by atoms with van der Waals surface area (Å²) in [6.45, 7) is 3.39. The SMILES string of the molecule is Cc1ccc(C=CC(=O)N2CCC(c3nc(-c4ccc5c(c4)OCO5)no3)CC2)o1. The lowest BCUT2D eigenvalue weighted by Crippen LogP contribution is -2.36. The highest BCUT2D eigenvalue weighted by molar-refractivity contribution is 5.91. The van der Waals surface area contributed by atoms with E-state index in [4.69, 9.17) is 18.4 Å². The van der Waals surface area contributed by atoms with E-state index < -0.39 is 0 Å². The zero-order valence-corrected chi connectivity index (χ0v) is 16.5. The minimum absolute atomic E-state index is 0.0194. The summed E-state index contributed by atoms with van der Waals surface area (Å²) in [6.07, 6.45) is 4.82. The molecule has 0 N–H and O–H groups in total. The van der Waals surface area contributed by atoms with Crippen LogP contribution in [0, 0.1) is 6.92 Å². The van der Waals surface area contributed by atoms with Gasteiger partial charge < -0.3 is 23.3 Å². The van der Waals surface area contributed by atoms with Crippen LogP contribution in [-0.4, -0.2) is 40.8 Å². The zero-order valence-electron chi connectivity index (χ0n) is 16.5. The van der Waals surface area contributed by atoms with Crippen molar-refractivity contribution in [3.63, 3.8) is 0 Å². The second-order valence-electron chi connectivity index (χ2n) is 7.41. The Morgan fingerprint density at radius 3 is 2.77 bits per heavy atom. The molecule has 1 aromatic carbocycles. The van der Waals surface area contributed by atoms with Gasteiger partial charge >= 0.3 is 0 Å². The predicted octanol–water partition coefficient (Wildman–Crippen LogP) is 3.79. The standard InChI is InChI=1S/C22H21N3O5/c1-14-2-4-17(29-14)5-7-20(26)25-10-8-15(9-11-25)22-23-21(24-30-22)16-3-6-18-19(12-16)28-13-27-18/h2-7,12,15H,8-11,13H2,1H3. The number of rotatable bonds is 4. The lowest BCUT2D eigenvalue weighted by molar-refractivity contribution is -0.127. The monoisotopic (exact) mass is 407 g/mol. The van der Waals surface area contributed by atoms with Gasteiger partial charge in [-0.25, -0.2) is 0 Å². The summed E-state index contributed by atoms with van der Waals surface area (Å²) in [7, 11) is 0. The molecule has 1 amide bonds. The number of carbonyl (C=O) groups excluding carboxylic acids is 1. The highest BCUT2D eigenvalue weighted by atomic mass is 16.7. The molecule has 0 bridgehead atoms. The summed E-state index contributed by atoms with van der Waals surface area (Å²) < 4.78 is 21.7. The van der Waals surface area contributed by atoms with Crippen molar-refractivity contribution in [3.05, 3.63) is 53.8 Å². The van der Waals surface area contributed by atoms with Gasteiger partial charge in [0.05, 0.1) is 0 Å². The van der Waals surface area contributed by atoms with E-state index >= 15 is 0 Å². The first-order chi connectivity index (χ1) is 14.7. The first-order valence-corrected chi connectivity index (χ1v) is 9.93. The van der Waals surface area contributed by atoms with Gasteiger partial charge in [-0.15, -0.1) is 0 Å². The molecule has 8 heteroatoms. The summed E-state index contributed by atoms with van der Waals surface area (Å²) in [5.41, 5.74) is 0.820. The molecular weight excluding hydrogens is 386 g/mol. The molecule has 5 rings (SSSR count). The number of fused-ring (bicyclic) bond motifs is 1. The predicted molar refractivity (Wildman–Crippen MR) is 107 cm³/mol. The lowest BCUT2D eigenvalue weighted by atomic mass is 9.96. The number of aromatic nitrogens is 2. The second kappa shape index (κ2) is 7.70. The fourth-order valence-electron chi connectivity index (χ4n) is 3.70. The molecule has 1 saturated heterocycles. The maximum Gasteiger partial charge on any atom is 0.246 e. The molecule has 0 radical (unpaired) electrons. The fraction of sp³-hybridized carbons (Fsp3) is 0.318. The summed E-state index contributed by atoms with van der Waals surface area (Å²) in [5.74, 6) is 4.16. The molecule has 2 aromatic heterocycles. The van der Waals surface area contributed by atoms with E-state index in [0.29, 0.717) is 36.3 Å². The first-order valence-electron chi connectivity index (χ1n) is 9.93. The average molecular weight is 407 g/mol. The third-order valence-electron chi connectivity index (χ3n) is 5.38. The minimum atomic E-state index is -0.0194. The number of ether oxygens (including phenoxy) is 2. The van der Waals surface area contributed by atoms with E-state index in [0.717, 1.165) is 29.9 Å². The van der Waals surface area contributed by atoms with Crippen LogP contribution in [0.1, 0.15) is 36.2 Å². The van der Waals surface area contributed by atoms with Gasteiger partial charge in [0.15, 0.2) is 11.5 Å². The molecule has 0 saturated carbocycles. The van der Waals surface area contributed by atoms with Gasteiger partial charge in [-0.05, 0) is 56.2 Å². The van der Waals surface area contributed by atoms with E-state index in [1.54, 1.807) is 12.2 Å². The number of hydrogen-bond acceptors (Lipinski definition) is 7. The van der Waals surface area contributed by atoms with Crippen molar-refractivity contribution in [2.75, 3.05) is 19.9 Å². The number of piperidine rings is 1. The van der Waals surface area contributed by atoms with Gasteiger partial charge in [0.25, 0.3) is 0 Å². The van der Waals surface area contributed by atoms with Crippen LogP contribution >= 0.6 is 0 Å². The number of nitrogens with zero attached hydrogens (tertiary/aromatic N) is 3. The Morgan fingerprint density at radius 1 is 1.13 bits per heavy atom. The number of amides is 1. The van der Waals surface area contributed by atoms with Crippen molar-refractivity contribution in [2.45, 2.75) is 25.7 Å². The maximum absolute atomic E-state index is 12.4.